The van der Waals surface area contributed by atoms with Gasteiger partial charge in [0.2, 0.25) is 0 Å². The molecule has 1 aliphatic heterocycles. The first kappa shape index (κ1) is 22.0. The van der Waals surface area contributed by atoms with Gasteiger partial charge in [0.05, 0.1) is 12.2 Å². The van der Waals surface area contributed by atoms with E-state index in [2.05, 4.69) is 5.32 Å². The van der Waals surface area contributed by atoms with Gasteiger partial charge in [0.25, 0.3) is 11.8 Å². The van der Waals surface area contributed by atoms with Crippen LogP contribution in [0.4, 0.5) is 14.9 Å². The Morgan fingerprint density at radius 3 is 2.52 bits per heavy atom. The maximum atomic E-state index is 13.3. The number of anilines is 1. The van der Waals surface area contributed by atoms with Crippen LogP contribution < -0.4 is 15.0 Å². The third-order valence-electron chi connectivity index (χ3n) is 5.26. The van der Waals surface area contributed by atoms with E-state index < -0.39 is 23.7 Å². The summed E-state index contributed by atoms with van der Waals surface area (Å²) in [5.74, 6) is -1.28. The Morgan fingerprint density at radius 2 is 1.79 bits per heavy atom. The molecule has 0 unspecified atom stereocenters. The van der Waals surface area contributed by atoms with Gasteiger partial charge in [0.1, 0.15) is 23.7 Å². The van der Waals surface area contributed by atoms with E-state index in [4.69, 9.17) is 4.74 Å². The van der Waals surface area contributed by atoms with E-state index >= 15 is 0 Å². The number of benzene rings is 2. The zero-order valence-electron chi connectivity index (χ0n) is 18.2. The van der Waals surface area contributed by atoms with Gasteiger partial charge in [-0.2, -0.15) is 0 Å². The van der Waals surface area contributed by atoms with Crippen LogP contribution in [0.1, 0.15) is 16.8 Å². The van der Waals surface area contributed by atoms with Crippen molar-refractivity contribution in [2.24, 2.45) is 0 Å². The number of carbonyl (C=O) groups excluding carboxylic acids is 3. The fraction of sp³-hybridized carbons (Fsp3) is 0.160. The fourth-order valence-electron chi connectivity index (χ4n) is 3.61. The molecule has 2 aromatic carbocycles. The zero-order chi connectivity index (χ0) is 23.5. The molecule has 3 aromatic rings. The Morgan fingerprint density at radius 1 is 1.03 bits per heavy atom. The zero-order valence-corrected chi connectivity index (χ0v) is 18.2. The number of aromatic nitrogens is 1. The molecule has 1 aromatic heterocycles. The lowest BCUT2D eigenvalue weighted by atomic mass is 10.1. The van der Waals surface area contributed by atoms with Crippen LogP contribution in [-0.4, -0.2) is 29.0 Å². The van der Waals surface area contributed by atoms with Crippen molar-refractivity contribution in [2.75, 3.05) is 11.5 Å². The van der Waals surface area contributed by atoms with Gasteiger partial charge < -0.3 is 9.30 Å². The lowest BCUT2D eigenvalue weighted by molar-refractivity contribution is -0.122. The first-order chi connectivity index (χ1) is 15.8. The quantitative estimate of drug-likeness (QED) is 0.458. The average molecular weight is 447 g/mol. The molecule has 7 nitrogen and oxygen atoms in total. The summed E-state index contributed by atoms with van der Waals surface area (Å²) < 4.78 is 21.0. The Hall–Kier alpha value is -4.20. The van der Waals surface area contributed by atoms with Gasteiger partial charge in [0, 0.05) is 11.9 Å². The number of nitrogens with zero attached hydrogens (tertiary/aromatic N) is 2. The second-order valence-electron chi connectivity index (χ2n) is 7.68. The molecule has 4 amide bonds. The highest BCUT2D eigenvalue weighted by atomic mass is 19.1. The maximum Gasteiger partial charge on any atom is 0.335 e. The van der Waals surface area contributed by atoms with Crippen molar-refractivity contribution in [3.63, 3.8) is 0 Å². The van der Waals surface area contributed by atoms with Crippen molar-refractivity contribution in [3.05, 3.63) is 89.0 Å². The summed E-state index contributed by atoms with van der Waals surface area (Å²) in [4.78, 5) is 38.5. The molecule has 168 valence electrons. The summed E-state index contributed by atoms with van der Waals surface area (Å²) >= 11 is 0. The van der Waals surface area contributed by atoms with E-state index in [9.17, 15) is 18.8 Å². The van der Waals surface area contributed by atoms with Gasteiger partial charge in [-0.15, -0.1) is 0 Å². The molecule has 2 heterocycles. The second kappa shape index (κ2) is 9.12. The van der Waals surface area contributed by atoms with Gasteiger partial charge in [-0.05, 0) is 68.0 Å². The predicted octanol–water partition coefficient (Wildman–Crippen LogP) is 3.99. The number of carbonyl (C=O) groups is 3. The molecule has 4 rings (SSSR count). The van der Waals surface area contributed by atoms with Gasteiger partial charge in [-0.3, -0.25) is 14.9 Å². The van der Waals surface area contributed by atoms with Crippen LogP contribution in [0.15, 0.2) is 66.4 Å². The van der Waals surface area contributed by atoms with E-state index in [0.29, 0.717) is 18.8 Å². The number of halogens is 1. The van der Waals surface area contributed by atoms with Crippen molar-refractivity contribution in [2.45, 2.75) is 20.4 Å². The van der Waals surface area contributed by atoms with E-state index in [-0.39, 0.29) is 11.3 Å². The minimum Gasteiger partial charge on any atom is -0.491 e. The minimum absolute atomic E-state index is 0.162. The number of urea groups is 1. The fourth-order valence-corrected chi connectivity index (χ4v) is 3.61. The van der Waals surface area contributed by atoms with Crippen LogP contribution in [0.25, 0.3) is 6.08 Å². The van der Waals surface area contributed by atoms with Crippen molar-refractivity contribution in [1.29, 1.82) is 0 Å². The summed E-state index contributed by atoms with van der Waals surface area (Å²) in [5, 5.41) is 2.16. The maximum absolute atomic E-state index is 13.3. The number of ether oxygens (including phenoxy) is 1. The van der Waals surface area contributed by atoms with Crippen molar-refractivity contribution in [1.82, 2.24) is 9.88 Å². The number of hydrogen-bond acceptors (Lipinski definition) is 4. The summed E-state index contributed by atoms with van der Waals surface area (Å²) in [6, 6.07) is 13.5. The second-order valence-corrected chi connectivity index (χ2v) is 7.68. The number of hydrogen-bond donors (Lipinski definition) is 1. The van der Waals surface area contributed by atoms with Crippen LogP contribution in [0.3, 0.4) is 0 Å². The van der Waals surface area contributed by atoms with Gasteiger partial charge >= 0.3 is 6.03 Å². The highest BCUT2D eigenvalue weighted by Gasteiger charge is 2.37. The minimum atomic E-state index is -0.883. The predicted molar refractivity (Wildman–Crippen MR) is 121 cm³/mol. The Bertz CT molecular complexity index is 1260. The molecule has 1 aliphatic rings. The number of imide groups is 2. The van der Waals surface area contributed by atoms with E-state index in [1.165, 1.54) is 18.2 Å². The highest BCUT2D eigenvalue weighted by Crippen LogP contribution is 2.23. The summed E-state index contributed by atoms with van der Waals surface area (Å²) in [6.07, 6.45) is 3.24. The number of barbiturate groups is 1. The topological polar surface area (TPSA) is 80.6 Å². The molecule has 8 heteroatoms. The molecule has 0 radical (unpaired) electrons. The van der Waals surface area contributed by atoms with E-state index in [1.807, 2.05) is 42.8 Å². The lowest BCUT2D eigenvalue weighted by Crippen LogP contribution is -2.54. The monoisotopic (exact) mass is 447 g/mol. The molecule has 33 heavy (non-hydrogen) atoms. The first-order valence-electron chi connectivity index (χ1n) is 10.4. The van der Waals surface area contributed by atoms with Crippen molar-refractivity contribution in [3.8, 4) is 5.75 Å². The summed E-state index contributed by atoms with van der Waals surface area (Å²) in [6.45, 7) is 4.87. The number of rotatable bonds is 6. The molecule has 0 saturated carbocycles. The Kier molecular flexibility index (Phi) is 6.08. The molecular weight excluding hydrogens is 425 g/mol. The number of aryl methyl sites for hydroxylation is 2. The van der Waals surface area contributed by atoms with E-state index in [1.54, 1.807) is 12.1 Å². The van der Waals surface area contributed by atoms with Gasteiger partial charge in [-0.1, -0.05) is 17.7 Å². The van der Waals surface area contributed by atoms with Crippen LogP contribution in [-0.2, 0) is 16.1 Å². The number of amides is 4. The first-order valence-corrected chi connectivity index (χ1v) is 10.4. The molecule has 0 aliphatic carbocycles. The average Bonchev–Trinajstić information content (AvgIpc) is 3.21. The van der Waals surface area contributed by atoms with Gasteiger partial charge in [0.15, 0.2) is 0 Å². The molecule has 0 bridgehead atoms. The molecule has 1 N–H and O–H groups in total. The molecule has 1 fully saturated rings. The van der Waals surface area contributed by atoms with E-state index in [0.717, 1.165) is 33.9 Å². The highest BCUT2D eigenvalue weighted by molar-refractivity contribution is 6.39. The van der Waals surface area contributed by atoms with Crippen LogP contribution in [0.5, 0.6) is 5.75 Å². The number of nitrogens with one attached hydrogen (secondary N) is 1. The molecular formula is C25H22FN3O4. The van der Waals surface area contributed by atoms with Crippen LogP contribution >= 0.6 is 0 Å². The third-order valence-corrected chi connectivity index (χ3v) is 5.26. The Labute approximate surface area is 190 Å². The summed E-state index contributed by atoms with van der Waals surface area (Å²) in [5.41, 5.74) is 2.76. The smallest absolute Gasteiger partial charge is 0.335 e. The Balaban J connectivity index is 1.53. The standard InChI is InChI=1S/C25H22FN3O4/c1-16-5-10-22(17(2)14-16)33-13-12-28-11-3-4-20(28)15-21-23(30)27-25(32)29(24(21)31)19-8-6-18(26)7-9-19/h3-11,14-15H,12-13H2,1-2H3,(H,27,30,32). The van der Waals surface area contributed by atoms with Gasteiger partial charge in [-0.25, -0.2) is 14.1 Å². The largest absolute Gasteiger partial charge is 0.491 e. The van der Waals surface area contributed by atoms with Crippen LogP contribution in [0.2, 0.25) is 0 Å². The van der Waals surface area contributed by atoms with Crippen LogP contribution in [0, 0.1) is 19.7 Å². The molecule has 0 atom stereocenters. The summed E-state index contributed by atoms with van der Waals surface area (Å²) in [7, 11) is 0. The molecule has 1 saturated heterocycles. The SMILES string of the molecule is Cc1ccc(OCCn2cccc2C=C2C(=O)NC(=O)N(c3ccc(F)cc3)C2=O)c(C)c1. The lowest BCUT2D eigenvalue weighted by Gasteiger charge is -2.26. The van der Waals surface area contributed by atoms with Crippen molar-refractivity contribution >= 4 is 29.6 Å². The normalized spacial score (nSPS) is 15.2. The third kappa shape index (κ3) is 4.69. The molecule has 0 spiro atoms. The van der Waals surface area contributed by atoms with Crippen molar-refractivity contribution < 1.29 is 23.5 Å².